The molecule has 0 heterocycles. The molecule has 1 amide bonds. The summed E-state index contributed by atoms with van der Waals surface area (Å²) in [7, 11) is 0. The second-order valence-electron chi connectivity index (χ2n) is 5.30. The van der Waals surface area contributed by atoms with Gasteiger partial charge in [0.2, 0.25) is 5.91 Å². The second kappa shape index (κ2) is 8.33. The van der Waals surface area contributed by atoms with Crippen molar-refractivity contribution in [1.82, 2.24) is 10.9 Å². The number of hydrogen-bond acceptors (Lipinski definition) is 2. The molecule has 126 valence electrons. The molecule has 7 heteroatoms. The van der Waals surface area contributed by atoms with E-state index < -0.39 is 0 Å². The summed E-state index contributed by atoms with van der Waals surface area (Å²) in [4.78, 5) is 11.9. The van der Waals surface area contributed by atoms with Crippen molar-refractivity contribution in [2.75, 3.05) is 5.32 Å². The molecule has 2 rings (SSSR count). The molecule has 0 radical (unpaired) electrons. The molecule has 0 aliphatic carbocycles. The van der Waals surface area contributed by atoms with Crippen LogP contribution in [-0.4, -0.2) is 11.0 Å². The quantitative estimate of drug-likeness (QED) is 0.551. The lowest BCUT2D eigenvalue weighted by Gasteiger charge is -2.14. The average Bonchev–Trinajstić information content (AvgIpc) is 2.53. The zero-order chi connectivity index (χ0) is 17.7. The first-order valence-electron chi connectivity index (χ1n) is 7.23. The van der Waals surface area contributed by atoms with Crippen LogP contribution in [-0.2, 0) is 11.2 Å². The lowest BCUT2D eigenvalue weighted by molar-refractivity contribution is -0.120. The molecule has 0 saturated heterocycles. The van der Waals surface area contributed by atoms with Crippen LogP contribution in [0, 0.1) is 13.8 Å². The van der Waals surface area contributed by atoms with Gasteiger partial charge in [0.15, 0.2) is 5.11 Å². The molecule has 0 aromatic heterocycles. The summed E-state index contributed by atoms with van der Waals surface area (Å²) >= 11 is 17.0. The highest BCUT2D eigenvalue weighted by Gasteiger charge is 2.07. The average molecular weight is 382 g/mol. The van der Waals surface area contributed by atoms with Crippen molar-refractivity contribution in [3.05, 3.63) is 63.1 Å². The zero-order valence-electron chi connectivity index (χ0n) is 13.2. The molecule has 4 nitrogen and oxygen atoms in total. The Morgan fingerprint density at radius 1 is 1.08 bits per heavy atom. The summed E-state index contributed by atoms with van der Waals surface area (Å²) in [6, 6.07) is 11.0. The van der Waals surface area contributed by atoms with E-state index in [9.17, 15) is 4.79 Å². The van der Waals surface area contributed by atoms with Gasteiger partial charge in [-0.05, 0) is 61.0 Å². The number of carbonyl (C=O) groups excluding carboxylic acids is 1. The zero-order valence-corrected chi connectivity index (χ0v) is 15.6. The van der Waals surface area contributed by atoms with E-state index in [4.69, 9.17) is 35.4 Å². The summed E-state index contributed by atoms with van der Waals surface area (Å²) in [5, 5.41) is 4.24. The Balaban J connectivity index is 1.86. The van der Waals surface area contributed by atoms with Crippen LogP contribution in [0.15, 0.2) is 36.4 Å². The molecular weight excluding hydrogens is 365 g/mol. The highest BCUT2D eigenvalue weighted by molar-refractivity contribution is 7.80. The standard InChI is InChI=1S/C17H17Cl2N3OS/c1-10-4-3-5-15(11(10)2)20-17(24)22-21-16(23)9-12-6-7-13(18)14(19)8-12/h3-8H,9H2,1-2H3,(H,21,23)(H2,20,22,24). The maximum absolute atomic E-state index is 11.9. The number of benzene rings is 2. The van der Waals surface area contributed by atoms with E-state index in [0.29, 0.717) is 15.2 Å². The van der Waals surface area contributed by atoms with Gasteiger partial charge in [-0.25, -0.2) is 0 Å². The first-order valence-corrected chi connectivity index (χ1v) is 8.39. The third-order valence-corrected chi connectivity index (χ3v) is 4.46. The minimum atomic E-state index is -0.237. The predicted octanol–water partition coefficient (Wildman–Crippen LogP) is 4.17. The van der Waals surface area contributed by atoms with Crippen LogP contribution < -0.4 is 16.2 Å². The van der Waals surface area contributed by atoms with Gasteiger partial charge in [-0.1, -0.05) is 41.4 Å². The van der Waals surface area contributed by atoms with E-state index in [1.54, 1.807) is 18.2 Å². The molecule has 2 aromatic rings. The number of halogens is 2. The Hall–Kier alpha value is -1.82. The van der Waals surface area contributed by atoms with Crippen LogP contribution in [0.2, 0.25) is 10.0 Å². The third-order valence-electron chi connectivity index (χ3n) is 3.52. The van der Waals surface area contributed by atoms with Crippen LogP contribution in [0.4, 0.5) is 5.69 Å². The summed E-state index contributed by atoms with van der Waals surface area (Å²) in [6.45, 7) is 4.03. The maximum atomic E-state index is 11.9. The van der Waals surface area contributed by atoms with Gasteiger partial charge in [-0.2, -0.15) is 0 Å². The van der Waals surface area contributed by atoms with Crippen molar-refractivity contribution in [3.8, 4) is 0 Å². The highest BCUT2D eigenvalue weighted by Crippen LogP contribution is 2.22. The predicted molar refractivity (Wildman–Crippen MR) is 104 cm³/mol. The number of nitrogens with one attached hydrogen (secondary N) is 3. The minimum absolute atomic E-state index is 0.163. The van der Waals surface area contributed by atoms with Crippen LogP contribution in [0.3, 0.4) is 0 Å². The Labute approximate surface area is 156 Å². The Morgan fingerprint density at radius 3 is 2.54 bits per heavy atom. The van der Waals surface area contributed by atoms with Crippen LogP contribution in [0.5, 0.6) is 0 Å². The largest absolute Gasteiger partial charge is 0.331 e. The molecule has 0 bridgehead atoms. The highest BCUT2D eigenvalue weighted by atomic mass is 35.5. The molecular formula is C17H17Cl2N3OS. The molecule has 0 unspecified atom stereocenters. The number of aryl methyl sites for hydroxylation is 1. The fourth-order valence-corrected chi connectivity index (χ4v) is 2.53. The van der Waals surface area contributed by atoms with E-state index in [1.165, 1.54) is 0 Å². The number of hydrazine groups is 1. The number of amides is 1. The first-order chi connectivity index (χ1) is 11.4. The van der Waals surface area contributed by atoms with Gasteiger partial charge in [0, 0.05) is 5.69 Å². The van der Waals surface area contributed by atoms with Crippen LogP contribution in [0.25, 0.3) is 0 Å². The fourth-order valence-electron chi connectivity index (χ4n) is 2.05. The maximum Gasteiger partial charge on any atom is 0.242 e. The van der Waals surface area contributed by atoms with Crippen molar-refractivity contribution in [3.63, 3.8) is 0 Å². The van der Waals surface area contributed by atoms with E-state index in [1.807, 2.05) is 32.0 Å². The van der Waals surface area contributed by atoms with Gasteiger partial charge in [-0.15, -0.1) is 0 Å². The SMILES string of the molecule is Cc1cccc(NC(=S)NNC(=O)Cc2ccc(Cl)c(Cl)c2)c1C. The van der Waals surface area contributed by atoms with Crippen molar-refractivity contribution in [2.24, 2.45) is 0 Å². The molecule has 0 fully saturated rings. The van der Waals surface area contributed by atoms with E-state index in [0.717, 1.165) is 22.4 Å². The second-order valence-corrected chi connectivity index (χ2v) is 6.52. The van der Waals surface area contributed by atoms with Crippen molar-refractivity contribution in [1.29, 1.82) is 0 Å². The topological polar surface area (TPSA) is 53.2 Å². The lowest BCUT2D eigenvalue weighted by Crippen LogP contribution is -2.44. The van der Waals surface area contributed by atoms with Gasteiger partial charge >= 0.3 is 0 Å². The smallest absolute Gasteiger partial charge is 0.242 e. The van der Waals surface area contributed by atoms with Crippen molar-refractivity contribution >= 4 is 52.1 Å². The summed E-state index contributed by atoms with van der Waals surface area (Å²) < 4.78 is 0. The van der Waals surface area contributed by atoms with Crippen LogP contribution in [0.1, 0.15) is 16.7 Å². The van der Waals surface area contributed by atoms with E-state index in [2.05, 4.69) is 16.2 Å². The molecule has 3 N–H and O–H groups in total. The summed E-state index contributed by atoms with van der Waals surface area (Å²) in [5.41, 5.74) is 9.15. The number of thiocarbonyl (C=S) groups is 1. The Morgan fingerprint density at radius 2 is 1.83 bits per heavy atom. The van der Waals surface area contributed by atoms with Gasteiger partial charge in [0.25, 0.3) is 0 Å². The molecule has 0 saturated carbocycles. The molecule has 0 spiro atoms. The number of carbonyl (C=O) groups is 1. The van der Waals surface area contributed by atoms with Crippen molar-refractivity contribution < 1.29 is 4.79 Å². The molecule has 0 aliphatic rings. The minimum Gasteiger partial charge on any atom is -0.331 e. The normalized spacial score (nSPS) is 10.2. The monoisotopic (exact) mass is 381 g/mol. The number of rotatable bonds is 3. The van der Waals surface area contributed by atoms with Crippen molar-refractivity contribution in [2.45, 2.75) is 20.3 Å². The Bertz CT molecular complexity index is 780. The molecule has 0 atom stereocenters. The third kappa shape index (κ3) is 5.09. The van der Waals surface area contributed by atoms with Gasteiger partial charge in [-0.3, -0.25) is 15.6 Å². The molecule has 0 aliphatic heterocycles. The molecule has 24 heavy (non-hydrogen) atoms. The fraction of sp³-hybridized carbons (Fsp3) is 0.176. The van der Waals surface area contributed by atoms with Gasteiger partial charge < -0.3 is 5.32 Å². The Kier molecular flexibility index (Phi) is 6.43. The summed E-state index contributed by atoms with van der Waals surface area (Å²) in [6.07, 6.45) is 0.163. The number of hydrogen-bond donors (Lipinski definition) is 3. The van der Waals surface area contributed by atoms with E-state index in [-0.39, 0.29) is 12.3 Å². The lowest BCUT2D eigenvalue weighted by atomic mass is 10.1. The number of anilines is 1. The first kappa shape index (κ1) is 18.5. The molecule has 2 aromatic carbocycles. The van der Waals surface area contributed by atoms with Crippen LogP contribution >= 0.6 is 35.4 Å². The van der Waals surface area contributed by atoms with E-state index >= 15 is 0 Å². The van der Waals surface area contributed by atoms with Gasteiger partial charge in [0.05, 0.1) is 16.5 Å². The summed E-state index contributed by atoms with van der Waals surface area (Å²) in [5.74, 6) is -0.237. The van der Waals surface area contributed by atoms with Gasteiger partial charge in [0.1, 0.15) is 0 Å².